The van der Waals surface area contributed by atoms with E-state index in [2.05, 4.69) is 28.2 Å². The summed E-state index contributed by atoms with van der Waals surface area (Å²) in [6.07, 6.45) is 3.70. The number of aliphatic hydroxyl groups excluding tert-OH is 1. The minimum atomic E-state index is -0.231. The molecule has 0 spiro atoms. The molecule has 0 saturated heterocycles. The Bertz CT molecular complexity index is 413. The molecule has 1 aromatic rings. The predicted octanol–water partition coefficient (Wildman–Crippen LogP) is 3.54. The van der Waals surface area contributed by atoms with E-state index in [1.807, 2.05) is 0 Å². The molecule has 100 valence electrons. The van der Waals surface area contributed by atoms with E-state index >= 15 is 0 Å². The Morgan fingerprint density at radius 3 is 2.89 bits per heavy atom. The molecule has 3 unspecified atom stereocenters. The number of hydrogen-bond acceptors (Lipinski definition) is 2. The normalized spacial score (nSPS) is 26.0. The van der Waals surface area contributed by atoms with Gasteiger partial charge in [0.2, 0.25) is 0 Å². The third kappa shape index (κ3) is 3.53. The molecule has 1 aromatic carbocycles. The molecule has 2 rings (SSSR count). The Labute approximate surface area is 116 Å². The second kappa shape index (κ2) is 6.13. The van der Waals surface area contributed by atoms with Crippen LogP contribution in [-0.2, 0) is 0 Å². The summed E-state index contributed by atoms with van der Waals surface area (Å²) in [6.45, 7) is 2.07. The van der Waals surface area contributed by atoms with E-state index in [0.717, 1.165) is 35.7 Å². The molecule has 0 bridgehead atoms. The highest BCUT2D eigenvalue weighted by Gasteiger charge is 2.22. The maximum atomic E-state index is 13.0. The van der Waals surface area contributed by atoms with Gasteiger partial charge in [0.05, 0.1) is 6.10 Å². The van der Waals surface area contributed by atoms with Gasteiger partial charge in [0.25, 0.3) is 0 Å². The van der Waals surface area contributed by atoms with Crippen LogP contribution in [0.25, 0.3) is 0 Å². The fourth-order valence-corrected chi connectivity index (χ4v) is 3.31. The van der Waals surface area contributed by atoms with Gasteiger partial charge in [0.15, 0.2) is 0 Å². The van der Waals surface area contributed by atoms with Crippen LogP contribution in [0.15, 0.2) is 22.7 Å². The second-order valence-electron chi connectivity index (χ2n) is 5.07. The number of benzene rings is 1. The summed E-state index contributed by atoms with van der Waals surface area (Å²) in [5, 5.41) is 13.2. The number of nitrogens with one attached hydrogen (secondary N) is 1. The molecule has 0 radical (unpaired) electrons. The van der Waals surface area contributed by atoms with E-state index in [9.17, 15) is 9.50 Å². The summed E-state index contributed by atoms with van der Waals surface area (Å²) in [5.74, 6) is -0.231. The number of hydrogen-bond donors (Lipinski definition) is 2. The Hall–Kier alpha value is -0.450. The Morgan fingerprint density at radius 2 is 2.22 bits per heavy atom. The van der Waals surface area contributed by atoms with E-state index in [4.69, 9.17) is 0 Å². The quantitative estimate of drug-likeness (QED) is 0.894. The predicted molar refractivity (Wildman–Crippen MR) is 73.9 cm³/mol. The molecule has 1 saturated carbocycles. The molecular weight excluding hydrogens is 297 g/mol. The Morgan fingerprint density at radius 1 is 1.44 bits per heavy atom. The van der Waals surface area contributed by atoms with Gasteiger partial charge in [-0.1, -0.05) is 22.0 Å². The van der Waals surface area contributed by atoms with Crippen molar-refractivity contribution in [3.8, 4) is 0 Å². The third-order valence-electron chi connectivity index (χ3n) is 3.56. The molecule has 0 aromatic heterocycles. The number of aliphatic hydroxyl groups is 1. The van der Waals surface area contributed by atoms with E-state index in [0.29, 0.717) is 6.04 Å². The lowest BCUT2D eigenvalue weighted by Gasteiger charge is -2.30. The highest BCUT2D eigenvalue weighted by atomic mass is 79.9. The lowest BCUT2D eigenvalue weighted by Crippen LogP contribution is -2.37. The third-order valence-corrected chi connectivity index (χ3v) is 4.25. The molecule has 0 heterocycles. The molecule has 1 fully saturated rings. The average Bonchev–Trinajstić information content (AvgIpc) is 2.28. The fraction of sp³-hybridized carbons (Fsp3) is 0.571. The zero-order chi connectivity index (χ0) is 13.1. The van der Waals surface area contributed by atoms with E-state index in [-0.39, 0.29) is 18.0 Å². The van der Waals surface area contributed by atoms with Gasteiger partial charge >= 0.3 is 0 Å². The minimum absolute atomic E-state index is 0.148. The van der Waals surface area contributed by atoms with Crippen LogP contribution in [0.5, 0.6) is 0 Å². The van der Waals surface area contributed by atoms with Crippen LogP contribution in [-0.4, -0.2) is 17.3 Å². The summed E-state index contributed by atoms with van der Waals surface area (Å²) < 4.78 is 13.8. The summed E-state index contributed by atoms with van der Waals surface area (Å²) in [6, 6.07) is 5.27. The lowest BCUT2D eigenvalue weighted by atomic mass is 9.92. The van der Waals surface area contributed by atoms with Crippen LogP contribution in [0.4, 0.5) is 4.39 Å². The smallest absolute Gasteiger partial charge is 0.124 e. The van der Waals surface area contributed by atoms with Crippen molar-refractivity contribution in [2.24, 2.45) is 0 Å². The average molecular weight is 316 g/mol. The lowest BCUT2D eigenvalue weighted by molar-refractivity contribution is 0.109. The summed E-state index contributed by atoms with van der Waals surface area (Å²) >= 11 is 3.40. The van der Waals surface area contributed by atoms with Crippen molar-refractivity contribution in [1.82, 2.24) is 5.32 Å². The van der Waals surface area contributed by atoms with Gasteiger partial charge in [-0.3, -0.25) is 0 Å². The second-order valence-corrected chi connectivity index (χ2v) is 5.93. The van der Waals surface area contributed by atoms with Gasteiger partial charge in [0.1, 0.15) is 5.82 Å². The van der Waals surface area contributed by atoms with E-state index in [1.165, 1.54) is 12.1 Å². The van der Waals surface area contributed by atoms with E-state index < -0.39 is 0 Å². The molecule has 2 N–H and O–H groups in total. The molecule has 0 aliphatic heterocycles. The summed E-state index contributed by atoms with van der Waals surface area (Å²) in [4.78, 5) is 0. The van der Waals surface area contributed by atoms with Crippen molar-refractivity contribution in [3.63, 3.8) is 0 Å². The van der Waals surface area contributed by atoms with Gasteiger partial charge < -0.3 is 10.4 Å². The molecule has 2 nitrogen and oxygen atoms in total. The Kier molecular flexibility index (Phi) is 4.76. The summed E-state index contributed by atoms with van der Waals surface area (Å²) in [7, 11) is 0. The first-order valence-corrected chi connectivity index (χ1v) is 7.24. The minimum Gasteiger partial charge on any atom is -0.393 e. The SMILES string of the molecule is CC(NC1CCCC(O)C1)c1ccc(F)cc1Br. The van der Waals surface area contributed by atoms with Crippen LogP contribution >= 0.6 is 15.9 Å². The molecule has 0 amide bonds. The highest BCUT2D eigenvalue weighted by molar-refractivity contribution is 9.10. The zero-order valence-corrected chi connectivity index (χ0v) is 12.1. The molecule has 4 heteroatoms. The first kappa shape index (κ1) is 14.0. The molecule has 1 aliphatic carbocycles. The fourth-order valence-electron chi connectivity index (χ4n) is 2.61. The largest absolute Gasteiger partial charge is 0.393 e. The first-order valence-electron chi connectivity index (χ1n) is 6.45. The van der Waals surface area contributed by atoms with Crippen molar-refractivity contribution in [3.05, 3.63) is 34.1 Å². The molecular formula is C14H19BrFNO. The van der Waals surface area contributed by atoms with Crippen LogP contribution in [0.2, 0.25) is 0 Å². The van der Waals surface area contributed by atoms with Gasteiger partial charge in [-0.05, 0) is 50.3 Å². The van der Waals surface area contributed by atoms with Gasteiger partial charge in [-0.15, -0.1) is 0 Å². The van der Waals surface area contributed by atoms with Crippen molar-refractivity contribution in [2.45, 2.75) is 50.8 Å². The Balaban J connectivity index is 2.00. The van der Waals surface area contributed by atoms with Crippen LogP contribution in [0.1, 0.15) is 44.2 Å². The van der Waals surface area contributed by atoms with Crippen molar-refractivity contribution >= 4 is 15.9 Å². The molecule has 1 aliphatic rings. The summed E-state index contributed by atoms with van der Waals surface area (Å²) in [5.41, 5.74) is 1.05. The topological polar surface area (TPSA) is 32.3 Å². The maximum Gasteiger partial charge on any atom is 0.124 e. The van der Waals surface area contributed by atoms with Gasteiger partial charge in [0, 0.05) is 16.6 Å². The van der Waals surface area contributed by atoms with Crippen molar-refractivity contribution in [2.75, 3.05) is 0 Å². The van der Waals surface area contributed by atoms with Gasteiger partial charge in [-0.25, -0.2) is 4.39 Å². The first-order chi connectivity index (χ1) is 8.56. The van der Waals surface area contributed by atoms with Gasteiger partial charge in [-0.2, -0.15) is 0 Å². The maximum absolute atomic E-state index is 13.0. The zero-order valence-electron chi connectivity index (χ0n) is 10.5. The number of halogens is 2. The van der Waals surface area contributed by atoms with Crippen LogP contribution < -0.4 is 5.32 Å². The van der Waals surface area contributed by atoms with E-state index in [1.54, 1.807) is 6.07 Å². The van der Waals surface area contributed by atoms with Crippen molar-refractivity contribution in [1.29, 1.82) is 0 Å². The molecule has 18 heavy (non-hydrogen) atoms. The number of rotatable bonds is 3. The standard InChI is InChI=1S/C14H19BrFNO/c1-9(13-6-5-10(16)7-14(13)15)17-11-3-2-4-12(18)8-11/h5-7,9,11-12,17-18H,2-4,8H2,1H3. The highest BCUT2D eigenvalue weighted by Crippen LogP contribution is 2.27. The van der Waals surface area contributed by atoms with Crippen LogP contribution in [0, 0.1) is 5.82 Å². The monoisotopic (exact) mass is 315 g/mol. The van der Waals surface area contributed by atoms with Crippen LogP contribution in [0.3, 0.4) is 0 Å². The van der Waals surface area contributed by atoms with Crippen molar-refractivity contribution < 1.29 is 9.50 Å². The molecule has 3 atom stereocenters.